The molecule has 0 radical (unpaired) electrons. The van der Waals surface area contributed by atoms with Gasteiger partial charge < -0.3 is 15.5 Å². The van der Waals surface area contributed by atoms with Crippen molar-refractivity contribution in [3.8, 4) is 0 Å². The number of hydrogen-bond donors (Lipinski definition) is 3. The predicted molar refractivity (Wildman–Crippen MR) is 80.9 cm³/mol. The lowest BCUT2D eigenvalue weighted by atomic mass is 10.00. The van der Waals surface area contributed by atoms with Crippen molar-refractivity contribution < 1.29 is 14.5 Å². The number of quaternary nitrogens is 1. The minimum atomic E-state index is -0.121. The van der Waals surface area contributed by atoms with Gasteiger partial charge in [0.2, 0.25) is 5.91 Å². The second kappa shape index (κ2) is 7.78. The molecular weight excluding hydrogens is 266 g/mol. The van der Waals surface area contributed by atoms with E-state index in [2.05, 4.69) is 28.8 Å². The molecule has 1 aromatic rings. The van der Waals surface area contributed by atoms with Crippen LogP contribution in [0.1, 0.15) is 24.5 Å². The van der Waals surface area contributed by atoms with Crippen LogP contribution in [0.5, 0.6) is 0 Å². The van der Waals surface area contributed by atoms with Crippen molar-refractivity contribution in [2.24, 2.45) is 0 Å². The summed E-state index contributed by atoms with van der Waals surface area (Å²) in [5.41, 5.74) is 2.72. The standard InChI is InChI=1S/C16H23N3O2/c1-2-8-17-15(20)10-18-16(21)12-19-9-7-13-5-3-4-6-14(13)11-19/h3-6H,2,7-12H2,1H3,(H,17,20)(H,18,21)/p+1. The third-order valence-corrected chi connectivity index (χ3v) is 3.74. The van der Waals surface area contributed by atoms with Gasteiger partial charge in [0.25, 0.3) is 5.91 Å². The molecule has 1 aromatic carbocycles. The summed E-state index contributed by atoms with van der Waals surface area (Å²) in [5, 5.41) is 5.43. The Labute approximate surface area is 125 Å². The maximum atomic E-state index is 11.9. The Bertz CT molecular complexity index is 502. The highest BCUT2D eigenvalue weighted by molar-refractivity contribution is 5.84. The largest absolute Gasteiger partial charge is 0.355 e. The molecule has 1 heterocycles. The number of carbonyl (C=O) groups is 2. The van der Waals surface area contributed by atoms with Gasteiger partial charge in [-0.1, -0.05) is 31.2 Å². The maximum absolute atomic E-state index is 11.9. The number of carbonyl (C=O) groups excluding carboxylic acids is 2. The number of rotatable bonds is 6. The third kappa shape index (κ3) is 4.86. The Morgan fingerprint density at radius 3 is 2.67 bits per heavy atom. The van der Waals surface area contributed by atoms with E-state index in [1.165, 1.54) is 16.0 Å². The topological polar surface area (TPSA) is 62.6 Å². The molecule has 5 nitrogen and oxygen atoms in total. The minimum Gasteiger partial charge on any atom is -0.355 e. The fraction of sp³-hybridized carbons (Fsp3) is 0.500. The van der Waals surface area contributed by atoms with Crippen LogP contribution in [0, 0.1) is 0 Å². The molecule has 0 aliphatic carbocycles. The summed E-state index contributed by atoms with van der Waals surface area (Å²) in [6.45, 7) is 5.00. The minimum absolute atomic E-state index is 0.0592. The van der Waals surface area contributed by atoms with Crippen molar-refractivity contribution in [2.45, 2.75) is 26.3 Å². The molecule has 1 unspecified atom stereocenters. The highest BCUT2D eigenvalue weighted by Gasteiger charge is 2.21. The van der Waals surface area contributed by atoms with E-state index in [1.54, 1.807) is 0 Å². The first-order valence-electron chi connectivity index (χ1n) is 7.62. The molecule has 0 saturated carbocycles. The molecule has 0 saturated heterocycles. The van der Waals surface area contributed by atoms with Crippen LogP contribution in [0.2, 0.25) is 0 Å². The van der Waals surface area contributed by atoms with Gasteiger partial charge in [0.1, 0.15) is 6.54 Å². The smallest absolute Gasteiger partial charge is 0.275 e. The summed E-state index contributed by atoms with van der Waals surface area (Å²) >= 11 is 0. The van der Waals surface area contributed by atoms with Gasteiger partial charge in [0.05, 0.1) is 13.1 Å². The lowest BCUT2D eigenvalue weighted by Crippen LogP contribution is -3.12. The molecule has 5 heteroatoms. The second-order valence-electron chi connectivity index (χ2n) is 5.50. The number of hydrogen-bond acceptors (Lipinski definition) is 2. The summed E-state index contributed by atoms with van der Waals surface area (Å²) in [6, 6.07) is 8.39. The summed E-state index contributed by atoms with van der Waals surface area (Å²) < 4.78 is 0. The zero-order valence-corrected chi connectivity index (χ0v) is 12.6. The molecule has 0 spiro atoms. The van der Waals surface area contributed by atoms with E-state index in [9.17, 15) is 9.59 Å². The summed E-state index contributed by atoms with van der Waals surface area (Å²) in [7, 11) is 0. The van der Waals surface area contributed by atoms with Gasteiger partial charge in [-0.25, -0.2) is 0 Å². The first-order chi connectivity index (χ1) is 10.2. The molecule has 0 bridgehead atoms. The Morgan fingerprint density at radius 2 is 1.90 bits per heavy atom. The predicted octanol–water partition coefficient (Wildman–Crippen LogP) is -0.730. The Hall–Kier alpha value is -1.88. The van der Waals surface area contributed by atoms with Gasteiger partial charge in [-0.3, -0.25) is 9.59 Å². The van der Waals surface area contributed by atoms with Crippen molar-refractivity contribution in [1.82, 2.24) is 10.6 Å². The highest BCUT2D eigenvalue weighted by Crippen LogP contribution is 2.10. The fourth-order valence-corrected chi connectivity index (χ4v) is 2.59. The van der Waals surface area contributed by atoms with Crippen molar-refractivity contribution in [3.05, 3.63) is 35.4 Å². The fourth-order valence-electron chi connectivity index (χ4n) is 2.59. The summed E-state index contributed by atoms with van der Waals surface area (Å²) in [5.74, 6) is -0.180. The Balaban J connectivity index is 1.73. The first-order valence-corrected chi connectivity index (χ1v) is 7.62. The monoisotopic (exact) mass is 290 g/mol. The van der Waals surface area contributed by atoms with Crippen LogP contribution in [0.15, 0.2) is 24.3 Å². The Kier molecular flexibility index (Phi) is 5.75. The van der Waals surface area contributed by atoms with Gasteiger partial charge in [0.15, 0.2) is 6.54 Å². The quantitative estimate of drug-likeness (QED) is 0.647. The van der Waals surface area contributed by atoms with Gasteiger partial charge in [0, 0.05) is 18.5 Å². The lowest BCUT2D eigenvalue weighted by molar-refractivity contribution is -0.908. The lowest BCUT2D eigenvalue weighted by Gasteiger charge is -2.25. The van der Waals surface area contributed by atoms with E-state index in [4.69, 9.17) is 0 Å². The van der Waals surface area contributed by atoms with Crippen LogP contribution in [-0.4, -0.2) is 38.0 Å². The molecule has 3 N–H and O–H groups in total. The van der Waals surface area contributed by atoms with Crippen molar-refractivity contribution >= 4 is 11.8 Å². The highest BCUT2D eigenvalue weighted by atomic mass is 16.2. The molecule has 0 aromatic heterocycles. The SMILES string of the molecule is CCCNC(=O)CNC(=O)C[NH+]1CCc2ccccc2C1. The van der Waals surface area contributed by atoms with Gasteiger partial charge >= 0.3 is 0 Å². The van der Waals surface area contributed by atoms with Crippen LogP contribution < -0.4 is 15.5 Å². The van der Waals surface area contributed by atoms with E-state index in [1.807, 2.05) is 13.0 Å². The average molecular weight is 290 g/mol. The second-order valence-corrected chi connectivity index (χ2v) is 5.50. The van der Waals surface area contributed by atoms with Gasteiger partial charge in [-0.2, -0.15) is 0 Å². The van der Waals surface area contributed by atoms with Crippen LogP contribution in [0.25, 0.3) is 0 Å². The Morgan fingerprint density at radius 1 is 1.14 bits per heavy atom. The van der Waals surface area contributed by atoms with Gasteiger partial charge in [-0.05, 0) is 12.0 Å². The first kappa shape index (κ1) is 15.5. The molecule has 21 heavy (non-hydrogen) atoms. The molecule has 2 rings (SSSR count). The van der Waals surface area contributed by atoms with Crippen molar-refractivity contribution in [1.29, 1.82) is 0 Å². The number of fused-ring (bicyclic) bond motifs is 1. The van der Waals surface area contributed by atoms with Crippen LogP contribution >= 0.6 is 0 Å². The average Bonchev–Trinajstić information content (AvgIpc) is 2.50. The van der Waals surface area contributed by atoms with E-state index in [0.717, 1.165) is 25.9 Å². The van der Waals surface area contributed by atoms with Crippen molar-refractivity contribution in [2.75, 3.05) is 26.2 Å². The normalized spacial score (nSPS) is 16.9. The molecule has 0 fully saturated rings. The van der Waals surface area contributed by atoms with E-state index in [0.29, 0.717) is 13.1 Å². The number of benzene rings is 1. The number of amides is 2. The molecule has 114 valence electrons. The van der Waals surface area contributed by atoms with E-state index in [-0.39, 0.29) is 18.4 Å². The zero-order valence-electron chi connectivity index (χ0n) is 12.6. The molecular formula is C16H24N3O2+. The van der Waals surface area contributed by atoms with E-state index >= 15 is 0 Å². The number of nitrogens with one attached hydrogen (secondary N) is 3. The molecule has 1 aliphatic rings. The van der Waals surface area contributed by atoms with Crippen LogP contribution in [-0.2, 0) is 22.6 Å². The van der Waals surface area contributed by atoms with Crippen LogP contribution in [0.4, 0.5) is 0 Å². The zero-order chi connectivity index (χ0) is 15.1. The maximum Gasteiger partial charge on any atom is 0.275 e. The molecule has 1 atom stereocenters. The molecule has 2 amide bonds. The molecule has 1 aliphatic heterocycles. The van der Waals surface area contributed by atoms with E-state index < -0.39 is 0 Å². The van der Waals surface area contributed by atoms with Crippen LogP contribution in [0.3, 0.4) is 0 Å². The van der Waals surface area contributed by atoms with Gasteiger partial charge in [-0.15, -0.1) is 0 Å². The summed E-state index contributed by atoms with van der Waals surface area (Å²) in [4.78, 5) is 24.6. The summed E-state index contributed by atoms with van der Waals surface area (Å²) in [6.07, 6.45) is 1.91. The third-order valence-electron chi connectivity index (χ3n) is 3.74. The van der Waals surface area contributed by atoms with Crippen molar-refractivity contribution in [3.63, 3.8) is 0 Å².